The number of nitriles is 1. The normalized spacial score (nSPS) is 10.3. The highest BCUT2D eigenvalue weighted by molar-refractivity contribution is 9.10. The highest BCUT2D eigenvalue weighted by Crippen LogP contribution is 2.32. The van der Waals surface area contributed by atoms with Gasteiger partial charge >= 0.3 is 0 Å². The van der Waals surface area contributed by atoms with E-state index < -0.39 is 0 Å². The molecule has 2 N–H and O–H groups in total. The summed E-state index contributed by atoms with van der Waals surface area (Å²) in [5, 5.41) is 9.38. The van der Waals surface area contributed by atoms with Crippen LogP contribution in [0.25, 0.3) is 22.4 Å². The van der Waals surface area contributed by atoms with Crippen LogP contribution in [0.1, 0.15) is 5.56 Å². The van der Waals surface area contributed by atoms with Crippen LogP contribution in [-0.2, 0) is 0 Å². The fourth-order valence-electron chi connectivity index (χ4n) is 2.24. The second-order valence-corrected chi connectivity index (χ2v) is 5.65. The van der Waals surface area contributed by atoms with Crippen molar-refractivity contribution in [3.8, 4) is 28.5 Å². The molecule has 0 amide bonds. The summed E-state index contributed by atoms with van der Waals surface area (Å²) in [6.07, 6.45) is 3.33. The van der Waals surface area contributed by atoms with Crippen molar-refractivity contribution >= 4 is 21.7 Å². The molecule has 0 aliphatic carbocycles. The largest absolute Gasteiger partial charge is 0.383 e. The van der Waals surface area contributed by atoms with Gasteiger partial charge in [-0.1, -0.05) is 6.07 Å². The molecule has 2 aromatic heterocycles. The van der Waals surface area contributed by atoms with Gasteiger partial charge in [-0.2, -0.15) is 5.26 Å². The zero-order valence-electron chi connectivity index (χ0n) is 11.8. The van der Waals surface area contributed by atoms with E-state index in [4.69, 9.17) is 5.73 Å². The zero-order chi connectivity index (χ0) is 16.4. The van der Waals surface area contributed by atoms with E-state index in [2.05, 4.69) is 32.0 Å². The van der Waals surface area contributed by atoms with Gasteiger partial charge in [-0.25, -0.2) is 9.37 Å². The topological polar surface area (TPSA) is 75.6 Å². The molecule has 1 aromatic carbocycles. The van der Waals surface area contributed by atoms with Crippen LogP contribution in [0.4, 0.5) is 10.2 Å². The molecule has 2 heterocycles. The number of nitrogen functional groups attached to an aromatic ring is 1. The van der Waals surface area contributed by atoms with Gasteiger partial charge in [0.05, 0.1) is 10.2 Å². The maximum absolute atomic E-state index is 13.5. The molecule has 112 valence electrons. The molecule has 4 nitrogen and oxygen atoms in total. The number of halogens is 2. The summed E-state index contributed by atoms with van der Waals surface area (Å²) in [6.45, 7) is 0. The van der Waals surface area contributed by atoms with Gasteiger partial charge in [-0.3, -0.25) is 4.98 Å². The Morgan fingerprint density at radius 3 is 2.65 bits per heavy atom. The molecule has 0 aliphatic heterocycles. The number of pyridine rings is 2. The van der Waals surface area contributed by atoms with E-state index in [0.717, 1.165) is 5.56 Å². The van der Waals surface area contributed by atoms with Crippen LogP contribution in [0.2, 0.25) is 0 Å². The number of hydrogen-bond acceptors (Lipinski definition) is 4. The molecule has 0 saturated carbocycles. The van der Waals surface area contributed by atoms with Gasteiger partial charge in [0.25, 0.3) is 0 Å². The zero-order valence-corrected chi connectivity index (χ0v) is 13.4. The quantitative estimate of drug-likeness (QED) is 0.736. The van der Waals surface area contributed by atoms with Crippen molar-refractivity contribution < 1.29 is 4.39 Å². The molecule has 23 heavy (non-hydrogen) atoms. The van der Waals surface area contributed by atoms with Crippen molar-refractivity contribution in [2.45, 2.75) is 0 Å². The van der Waals surface area contributed by atoms with E-state index in [1.165, 1.54) is 6.07 Å². The van der Waals surface area contributed by atoms with E-state index in [0.29, 0.717) is 21.3 Å². The Labute approximate surface area is 140 Å². The van der Waals surface area contributed by atoms with Gasteiger partial charge < -0.3 is 5.73 Å². The van der Waals surface area contributed by atoms with E-state index in [9.17, 15) is 9.65 Å². The van der Waals surface area contributed by atoms with E-state index >= 15 is 0 Å². The lowest BCUT2D eigenvalue weighted by molar-refractivity contribution is 0.621. The molecule has 3 aromatic rings. The van der Waals surface area contributed by atoms with Crippen LogP contribution in [0.15, 0.2) is 53.3 Å². The highest BCUT2D eigenvalue weighted by Gasteiger charge is 2.14. The van der Waals surface area contributed by atoms with Crippen molar-refractivity contribution in [1.82, 2.24) is 9.97 Å². The molecule has 0 aliphatic rings. The second-order valence-electron chi connectivity index (χ2n) is 4.80. The van der Waals surface area contributed by atoms with Gasteiger partial charge in [-0.05, 0) is 51.8 Å². The fraction of sp³-hybridized carbons (Fsp3) is 0. The Bertz CT molecular complexity index is 920. The number of rotatable bonds is 2. The number of benzene rings is 1. The summed E-state index contributed by atoms with van der Waals surface area (Å²) >= 11 is 3.16. The van der Waals surface area contributed by atoms with Crippen molar-refractivity contribution in [2.75, 3.05) is 5.73 Å². The van der Waals surface area contributed by atoms with Gasteiger partial charge in [0.2, 0.25) is 0 Å². The van der Waals surface area contributed by atoms with Crippen LogP contribution in [0.5, 0.6) is 0 Å². The highest BCUT2D eigenvalue weighted by atomic mass is 79.9. The van der Waals surface area contributed by atoms with Gasteiger partial charge in [0.15, 0.2) is 0 Å². The average Bonchev–Trinajstić information content (AvgIpc) is 2.57. The first-order valence-electron chi connectivity index (χ1n) is 6.66. The predicted molar refractivity (Wildman–Crippen MR) is 89.7 cm³/mol. The number of nitrogens with zero attached hydrogens (tertiary/aromatic N) is 3. The van der Waals surface area contributed by atoms with Crippen LogP contribution in [0.3, 0.4) is 0 Å². The number of anilines is 1. The van der Waals surface area contributed by atoms with Gasteiger partial charge in [-0.15, -0.1) is 0 Å². The fourth-order valence-corrected chi connectivity index (χ4v) is 2.61. The molecule has 0 radical (unpaired) electrons. The molecule has 0 bridgehead atoms. The van der Waals surface area contributed by atoms with Crippen molar-refractivity contribution in [3.63, 3.8) is 0 Å². The van der Waals surface area contributed by atoms with Crippen molar-refractivity contribution in [2.24, 2.45) is 0 Å². The third-order valence-corrected chi connectivity index (χ3v) is 3.95. The Kier molecular flexibility index (Phi) is 4.04. The van der Waals surface area contributed by atoms with Crippen molar-refractivity contribution in [1.29, 1.82) is 5.26 Å². The first kappa shape index (κ1) is 15.1. The first-order chi connectivity index (χ1) is 11.1. The van der Waals surface area contributed by atoms with E-state index in [1.54, 1.807) is 36.7 Å². The smallest absolute Gasteiger partial charge is 0.142 e. The SMILES string of the molecule is N#Cc1c(-c2ccc(F)c(Br)c2)cc(-c2cccnc2)nc1N. The third kappa shape index (κ3) is 2.91. The lowest BCUT2D eigenvalue weighted by Crippen LogP contribution is -2.00. The third-order valence-electron chi connectivity index (χ3n) is 3.35. The summed E-state index contributed by atoms with van der Waals surface area (Å²) in [6, 6.07) is 12.0. The first-order valence-corrected chi connectivity index (χ1v) is 7.46. The molecular weight excluding hydrogens is 359 g/mol. The molecule has 0 fully saturated rings. The number of aromatic nitrogens is 2. The average molecular weight is 369 g/mol. The molecule has 0 atom stereocenters. The summed E-state index contributed by atoms with van der Waals surface area (Å²) in [4.78, 5) is 8.33. The maximum atomic E-state index is 13.5. The van der Waals surface area contributed by atoms with E-state index in [1.807, 2.05) is 6.07 Å². The summed E-state index contributed by atoms with van der Waals surface area (Å²) in [5.74, 6) is -0.244. The Hall–Kier alpha value is -2.78. The van der Waals surface area contributed by atoms with Gasteiger partial charge in [0, 0.05) is 23.5 Å². The van der Waals surface area contributed by atoms with Crippen LogP contribution < -0.4 is 5.73 Å². The van der Waals surface area contributed by atoms with Crippen LogP contribution in [0, 0.1) is 17.1 Å². The van der Waals surface area contributed by atoms with Crippen LogP contribution >= 0.6 is 15.9 Å². The number of hydrogen-bond donors (Lipinski definition) is 1. The van der Waals surface area contributed by atoms with Gasteiger partial charge in [0.1, 0.15) is 23.3 Å². The molecule has 6 heteroatoms. The minimum atomic E-state index is -0.373. The van der Waals surface area contributed by atoms with Crippen LogP contribution in [-0.4, -0.2) is 9.97 Å². The van der Waals surface area contributed by atoms with Crippen molar-refractivity contribution in [3.05, 3.63) is 64.6 Å². The molecule has 0 unspecified atom stereocenters. The molecular formula is C17H10BrFN4. The Morgan fingerprint density at radius 1 is 1.17 bits per heavy atom. The second kappa shape index (κ2) is 6.15. The minimum absolute atomic E-state index is 0.129. The molecule has 3 rings (SSSR count). The standard InChI is InChI=1S/C17H10BrFN4/c18-14-6-10(3-4-15(14)19)12-7-16(11-2-1-5-22-9-11)23-17(21)13(12)8-20/h1-7,9H,(H2,21,23). The monoisotopic (exact) mass is 368 g/mol. The predicted octanol–water partition coefficient (Wildman–Crippen LogP) is 4.17. The maximum Gasteiger partial charge on any atom is 0.142 e. The molecule has 0 saturated heterocycles. The Balaban J connectivity index is 2.24. The minimum Gasteiger partial charge on any atom is -0.383 e. The summed E-state index contributed by atoms with van der Waals surface area (Å²) in [7, 11) is 0. The lowest BCUT2D eigenvalue weighted by atomic mass is 9.99. The lowest BCUT2D eigenvalue weighted by Gasteiger charge is -2.10. The molecule has 0 spiro atoms. The van der Waals surface area contributed by atoms with E-state index in [-0.39, 0.29) is 17.2 Å². The Morgan fingerprint density at radius 2 is 2.00 bits per heavy atom. The summed E-state index contributed by atoms with van der Waals surface area (Å²) < 4.78 is 13.8. The summed E-state index contributed by atoms with van der Waals surface area (Å²) in [5.41, 5.74) is 8.85. The number of nitrogens with two attached hydrogens (primary N) is 1.